The van der Waals surface area contributed by atoms with E-state index >= 15 is 0 Å². The van der Waals surface area contributed by atoms with E-state index in [2.05, 4.69) is 15.4 Å². The Morgan fingerprint density at radius 1 is 1.47 bits per heavy atom. The summed E-state index contributed by atoms with van der Waals surface area (Å²) in [5.74, 6) is 0.764. The second-order valence-electron chi connectivity index (χ2n) is 3.31. The fraction of sp³-hybridized carbons (Fsp3) is 0.200. The van der Waals surface area contributed by atoms with E-state index in [9.17, 15) is 0 Å². The minimum Gasteiger partial charge on any atom is -0.399 e. The summed E-state index contributed by atoms with van der Waals surface area (Å²) in [6, 6.07) is 7.59. The first-order chi connectivity index (χ1) is 7.24. The van der Waals surface area contributed by atoms with E-state index in [1.807, 2.05) is 31.3 Å². The van der Waals surface area contributed by atoms with Gasteiger partial charge in [-0.15, -0.1) is 0 Å². The molecule has 0 aliphatic heterocycles. The van der Waals surface area contributed by atoms with Crippen molar-refractivity contribution in [1.29, 1.82) is 0 Å². The highest BCUT2D eigenvalue weighted by molar-refractivity contribution is 5.53. The maximum atomic E-state index is 5.66. The van der Waals surface area contributed by atoms with E-state index in [1.165, 1.54) is 0 Å². The Hall–Kier alpha value is -2.04. The molecule has 3 N–H and O–H groups in total. The van der Waals surface area contributed by atoms with Gasteiger partial charge in [0.15, 0.2) is 5.82 Å². The van der Waals surface area contributed by atoms with Gasteiger partial charge in [-0.2, -0.15) is 5.10 Å². The summed E-state index contributed by atoms with van der Waals surface area (Å²) in [6.07, 6.45) is 1.68. The SMILES string of the molecule is Cn1cnc(CNc2cccc(N)c2)n1. The van der Waals surface area contributed by atoms with Crippen LogP contribution in [0.25, 0.3) is 0 Å². The minimum absolute atomic E-state index is 0.601. The molecule has 78 valence electrons. The van der Waals surface area contributed by atoms with Gasteiger partial charge in [-0.1, -0.05) is 6.07 Å². The van der Waals surface area contributed by atoms with Crippen LogP contribution in [0.4, 0.5) is 11.4 Å². The third-order valence-electron chi connectivity index (χ3n) is 1.98. The molecule has 0 fully saturated rings. The lowest BCUT2D eigenvalue weighted by atomic mass is 10.3. The number of hydrogen-bond acceptors (Lipinski definition) is 4. The molecule has 0 amide bonds. The van der Waals surface area contributed by atoms with Crippen molar-refractivity contribution in [1.82, 2.24) is 14.8 Å². The molecule has 0 spiro atoms. The molecule has 1 aromatic heterocycles. The summed E-state index contributed by atoms with van der Waals surface area (Å²) in [4.78, 5) is 4.11. The van der Waals surface area contributed by atoms with Crippen LogP contribution in [-0.4, -0.2) is 14.8 Å². The highest BCUT2D eigenvalue weighted by Crippen LogP contribution is 2.12. The van der Waals surface area contributed by atoms with Gasteiger partial charge in [-0.3, -0.25) is 4.68 Å². The molecule has 5 nitrogen and oxygen atoms in total. The van der Waals surface area contributed by atoms with Crippen molar-refractivity contribution in [2.24, 2.45) is 7.05 Å². The number of benzene rings is 1. The van der Waals surface area contributed by atoms with Crippen LogP contribution in [0.2, 0.25) is 0 Å². The fourth-order valence-corrected chi connectivity index (χ4v) is 1.29. The van der Waals surface area contributed by atoms with Crippen LogP contribution in [0.5, 0.6) is 0 Å². The second-order valence-corrected chi connectivity index (χ2v) is 3.31. The maximum absolute atomic E-state index is 5.66. The van der Waals surface area contributed by atoms with Crippen LogP contribution in [0, 0.1) is 0 Å². The van der Waals surface area contributed by atoms with Gasteiger partial charge in [0, 0.05) is 18.4 Å². The molecule has 0 bridgehead atoms. The predicted octanol–water partition coefficient (Wildman–Crippen LogP) is 1.01. The Labute approximate surface area is 87.9 Å². The van der Waals surface area contributed by atoms with Gasteiger partial charge in [0.05, 0.1) is 6.54 Å². The van der Waals surface area contributed by atoms with Crippen molar-refractivity contribution in [3.63, 3.8) is 0 Å². The first kappa shape index (κ1) is 9.51. The molecule has 2 aromatic rings. The molecule has 0 saturated heterocycles. The average molecular weight is 203 g/mol. The smallest absolute Gasteiger partial charge is 0.169 e. The minimum atomic E-state index is 0.601. The van der Waals surface area contributed by atoms with Crippen LogP contribution in [0.1, 0.15) is 5.82 Å². The highest BCUT2D eigenvalue weighted by Gasteiger charge is 1.98. The maximum Gasteiger partial charge on any atom is 0.169 e. The number of aromatic nitrogens is 3. The van der Waals surface area contributed by atoms with E-state index in [-0.39, 0.29) is 0 Å². The predicted molar refractivity (Wildman–Crippen MR) is 59.2 cm³/mol. The lowest BCUT2D eigenvalue weighted by molar-refractivity contribution is 0.747. The fourth-order valence-electron chi connectivity index (χ4n) is 1.29. The molecule has 0 unspecified atom stereocenters. The number of nitrogens with one attached hydrogen (secondary N) is 1. The van der Waals surface area contributed by atoms with Crippen molar-refractivity contribution in [3.8, 4) is 0 Å². The van der Waals surface area contributed by atoms with Crippen LogP contribution in [-0.2, 0) is 13.6 Å². The molecule has 15 heavy (non-hydrogen) atoms. The van der Waals surface area contributed by atoms with E-state index in [1.54, 1.807) is 11.0 Å². The molecule has 2 rings (SSSR count). The average Bonchev–Trinajstić information content (AvgIpc) is 2.62. The summed E-state index contributed by atoms with van der Waals surface area (Å²) < 4.78 is 1.68. The third kappa shape index (κ3) is 2.46. The Morgan fingerprint density at radius 2 is 2.33 bits per heavy atom. The number of nitrogen functional groups attached to an aromatic ring is 1. The van der Waals surface area contributed by atoms with Crippen LogP contribution < -0.4 is 11.1 Å². The summed E-state index contributed by atoms with van der Waals surface area (Å²) in [5.41, 5.74) is 7.38. The molecule has 0 aliphatic rings. The molecule has 0 atom stereocenters. The number of nitrogens with zero attached hydrogens (tertiary/aromatic N) is 3. The normalized spacial score (nSPS) is 10.2. The summed E-state index contributed by atoms with van der Waals surface area (Å²) in [5, 5.41) is 7.36. The van der Waals surface area contributed by atoms with Gasteiger partial charge < -0.3 is 11.1 Å². The number of anilines is 2. The Morgan fingerprint density at radius 3 is 3.00 bits per heavy atom. The van der Waals surface area contributed by atoms with Gasteiger partial charge in [0.1, 0.15) is 6.33 Å². The zero-order valence-electron chi connectivity index (χ0n) is 8.51. The topological polar surface area (TPSA) is 68.8 Å². The Kier molecular flexibility index (Phi) is 2.53. The number of aryl methyl sites for hydroxylation is 1. The standard InChI is InChI=1S/C10H13N5/c1-15-7-13-10(14-15)6-12-9-4-2-3-8(11)5-9/h2-5,7,12H,6,11H2,1H3. The number of nitrogens with two attached hydrogens (primary N) is 1. The molecule has 0 radical (unpaired) electrons. The molecule has 1 heterocycles. The van der Waals surface area contributed by atoms with E-state index in [4.69, 9.17) is 5.73 Å². The summed E-state index contributed by atoms with van der Waals surface area (Å²) in [7, 11) is 1.84. The third-order valence-corrected chi connectivity index (χ3v) is 1.98. The summed E-state index contributed by atoms with van der Waals surface area (Å²) >= 11 is 0. The van der Waals surface area contributed by atoms with Gasteiger partial charge >= 0.3 is 0 Å². The van der Waals surface area contributed by atoms with E-state index in [0.29, 0.717) is 6.54 Å². The van der Waals surface area contributed by atoms with Crippen molar-refractivity contribution in [2.45, 2.75) is 6.54 Å². The number of rotatable bonds is 3. The monoisotopic (exact) mass is 203 g/mol. The van der Waals surface area contributed by atoms with Crippen molar-refractivity contribution >= 4 is 11.4 Å². The van der Waals surface area contributed by atoms with Gasteiger partial charge in [-0.25, -0.2) is 4.98 Å². The molecule has 1 aromatic carbocycles. The van der Waals surface area contributed by atoms with Crippen molar-refractivity contribution < 1.29 is 0 Å². The quantitative estimate of drug-likeness (QED) is 0.730. The molecular weight excluding hydrogens is 190 g/mol. The van der Waals surface area contributed by atoms with Gasteiger partial charge in [0.25, 0.3) is 0 Å². The summed E-state index contributed by atoms with van der Waals surface area (Å²) in [6.45, 7) is 0.601. The first-order valence-corrected chi connectivity index (χ1v) is 4.68. The van der Waals surface area contributed by atoms with Gasteiger partial charge in [-0.05, 0) is 18.2 Å². The van der Waals surface area contributed by atoms with E-state index in [0.717, 1.165) is 17.2 Å². The highest BCUT2D eigenvalue weighted by atomic mass is 15.3. The first-order valence-electron chi connectivity index (χ1n) is 4.68. The zero-order chi connectivity index (χ0) is 10.7. The Bertz CT molecular complexity index is 449. The Balaban J connectivity index is 1.99. The van der Waals surface area contributed by atoms with Crippen LogP contribution in [0.3, 0.4) is 0 Å². The molecular formula is C10H13N5. The zero-order valence-corrected chi connectivity index (χ0v) is 8.51. The molecule has 0 saturated carbocycles. The lowest BCUT2D eigenvalue weighted by Gasteiger charge is -2.03. The van der Waals surface area contributed by atoms with Crippen molar-refractivity contribution in [2.75, 3.05) is 11.1 Å². The number of hydrogen-bond donors (Lipinski definition) is 2. The van der Waals surface area contributed by atoms with Crippen LogP contribution >= 0.6 is 0 Å². The van der Waals surface area contributed by atoms with Gasteiger partial charge in [0.2, 0.25) is 0 Å². The molecule has 0 aliphatic carbocycles. The second kappa shape index (κ2) is 4.00. The van der Waals surface area contributed by atoms with E-state index < -0.39 is 0 Å². The lowest BCUT2D eigenvalue weighted by Crippen LogP contribution is -2.02. The van der Waals surface area contributed by atoms with Crippen LogP contribution in [0.15, 0.2) is 30.6 Å². The molecule has 5 heteroatoms. The largest absolute Gasteiger partial charge is 0.399 e. The van der Waals surface area contributed by atoms with Crippen molar-refractivity contribution in [3.05, 3.63) is 36.4 Å².